The minimum absolute atomic E-state index is 0.0183. The van der Waals surface area contributed by atoms with Crippen LogP contribution in [0.25, 0.3) is 0 Å². The summed E-state index contributed by atoms with van der Waals surface area (Å²) in [5.74, 6) is 1.36. The van der Waals surface area contributed by atoms with Gasteiger partial charge in [0.05, 0.1) is 12.2 Å². The number of benzene rings is 1. The van der Waals surface area contributed by atoms with E-state index in [9.17, 15) is 4.79 Å². The molecule has 1 atom stereocenters. The number of likely N-dealkylation sites (N-methyl/N-ethyl adjacent to an activating group) is 1. The van der Waals surface area contributed by atoms with Crippen molar-refractivity contribution in [1.82, 2.24) is 15.2 Å². The maximum absolute atomic E-state index is 12.9. The van der Waals surface area contributed by atoms with Gasteiger partial charge in [-0.2, -0.15) is 0 Å². The van der Waals surface area contributed by atoms with E-state index in [-0.39, 0.29) is 11.9 Å². The van der Waals surface area contributed by atoms with Crippen molar-refractivity contribution in [3.05, 3.63) is 48.2 Å². The maximum atomic E-state index is 12.9. The van der Waals surface area contributed by atoms with Crippen molar-refractivity contribution >= 4 is 17.4 Å². The zero-order valence-electron chi connectivity index (χ0n) is 14.7. The van der Waals surface area contributed by atoms with Gasteiger partial charge in [-0.05, 0) is 56.3 Å². The van der Waals surface area contributed by atoms with E-state index in [0.717, 1.165) is 30.9 Å². The fraction of sp³-hybridized carbons (Fsp3) is 0.368. The van der Waals surface area contributed by atoms with E-state index in [1.54, 1.807) is 17.2 Å². The van der Waals surface area contributed by atoms with E-state index in [1.807, 2.05) is 44.3 Å². The Labute approximate surface area is 148 Å². The zero-order chi connectivity index (χ0) is 17.6. The molecule has 132 valence electrons. The first-order valence-electron chi connectivity index (χ1n) is 8.62. The molecule has 2 aromatic rings. The minimum Gasteiger partial charge on any atom is -0.494 e. The smallest absolute Gasteiger partial charge is 0.257 e. The van der Waals surface area contributed by atoms with Crippen molar-refractivity contribution in [2.45, 2.75) is 19.4 Å². The fourth-order valence-electron chi connectivity index (χ4n) is 2.94. The molecule has 0 saturated carbocycles. The molecule has 2 heterocycles. The topological polar surface area (TPSA) is 66.5 Å². The number of amides is 1. The first-order valence-corrected chi connectivity index (χ1v) is 8.62. The predicted octanol–water partition coefficient (Wildman–Crippen LogP) is 2.66. The van der Waals surface area contributed by atoms with E-state index in [4.69, 9.17) is 4.74 Å². The molecule has 2 N–H and O–H groups in total. The van der Waals surface area contributed by atoms with Crippen LogP contribution in [0.4, 0.5) is 11.5 Å². The second kappa shape index (κ2) is 7.98. The number of hydrogen-bond acceptors (Lipinski definition) is 5. The van der Waals surface area contributed by atoms with Crippen LogP contribution < -0.4 is 15.4 Å². The van der Waals surface area contributed by atoms with Crippen LogP contribution in [0.3, 0.4) is 0 Å². The third-order valence-corrected chi connectivity index (χ3v) is 4.37. The van der Waals surface area contributed by atoms with Gasteiger partial charge in [0.1, 0.15) is 11.6 Å². The van der Waals surface area contributed by atoms with Crippen molar-refractivity contribution in [3.63, 3.8) is 0 Å². The third-order valence-electron chi connectivity index (χ3n) is 4.37. The standard InChI is InChI=1S/C19H24N4O2/c1-3-25-16-8-6-14(7-9-16)22-18-17(5-4-11-21-18)19(24)23(2)15-10-12-20-13-15/h4-9,11,15,20H,3,10,12-13H2,1-2H3,(H,21,22). The summed E-state index contributed by atoms with van der Waals surface area (Å²) in [6, 6.07) is 11.4. The summed E-state index contributed by atoms with van der Waals surface area (Å²) in [5.41, 5.74) is 1.44. The molecule has 1 unspecified atom stereocenters. The number of hydrogen-bond donors (Lipinski definition) is 2. The Bertz CT molecular complexity index is 712. The lowest BCUT2D eigenvalue weighted by Gasteiger charge is -2.24. The lowest BCUT2D eigenvalue weighted by atomic mass is 10.1. The van der Waals surface area contributed by atoms with E-state index in [0.29, 0.717) is 18.0 Å². The summed E-state index contributed by atoms with van der Waals surface area (Å²) in [4.78, 5) is 19.0. The van der Waals surface area contributed by atoms with Crippen LogP contribution in [-0.4, -0.2) is 48.6 Å². The van der Waals surface area contributed by atoms with Gasteiger partial charge in [-0.25, -0.2) is 4.98 Å². The highest BCUT2D eigenvalue weighted by Crippen LogP contribution is 2.23. The van der Waals surface area contributed by atoms with Crippen LogP contribution in [0.1, 0.15) is 23.7 Å². The number of anilines is 2. The summed E-state index contributed by atoms with van der Waals surface area (Å²) in [5, 5.41) is 6.53. The van der Waals surface area contributed by atoms with Gasteiger partial charge in [0, 0.05) is 31.5 Å². The molecule has 3 rings (SSSR count). The van der Waals surface area contributed by atoms with Gasteiger partial charge >= 0.3 is 0 Å². The van der Waals surface area contributed by atoms with Crippen molar-refractivity contribution in [1.29, 1.82) is 0 Å². The lowest BCUT2D eigenvalue weighted by Crippen LogP contribution is -2.38. The van der Waals surface area contributed by atoms with Crippen molar-refractivity contribution in [2.24, 2.45) is 0 Å². The van der Waals surface area contributed by atoms with Crippen molar-refractivity contribution < 1.29 is 9.53 Å². The quantitative estimate of drug-likeness (QED) is 0.846. The van der Waals surface area contributed by atoms with Crippen LogP contribution in [0.2, 0.25) is 0 Å². The van der Waals surface area contributed by atoms with Gasteiger partial charge in [-0.1, -0.05) is 0 Å². The monoisotopic (exact) mass is 340 g/mol. The second-order valence-electron chi connectivity index (χ2n) is 6.04. The molecule has 0 aliphatic carbocycles. The molecule has 1 saturated heterocycles. The minimum atomic E-state index is -0.0183. The highest BCUT2D eigenvalue weighted by molar-refractivity contribution is 5.99. The normalized spacial score (nSPS) is 16.5. The number of aromatic nitrogens is 1. The Morgan fingerprint density at radius 3 is 2.84 bits per heavy atom. The number of ether oxygens (including phenoxy) is 1. The van der Waals surface area contributed by atoms with E-state index >= 15 is 0 Å². The van der Waals surface area contributed by atoms with Gasteiger partial charge in [-0.15, -0.1) is 0 Å². The van der Waals surface area contributed by atoms with Crippen LogP contribution in [0, 0.1) is 0 Å². The zero-order valence-corrected chi connectivity index (χ0v) is 14.7. The van der Waals surface area contributed by atoms with Crippen LogP contribution >= 0.6 is 0 Å². The Balaban J connectivity index is 1.77. The Morgan fingerprint density at radius 2 is 2.16 bits per heavy atom. The van der Waals surface area contributed by atoms with Crippen molar-refractivity contribution in [3.8, 4) is 5.75 Å². The highest BCUT2D eigenvalue weighted by atomic mass is 16.5. The molecule has 0 bridgehead atoms. The first-order chi connectivity index (χ1) is 12.2. The van der Waals surface area contributed by atoms with Crippen LogP contribution in [0.15, 0.2) is 42.6 Å². The molecule has 6 heteroatoms. The molecule has 6 nitrogen and oxygen atoms in total. The molecule has 1 aromatic carbocycles. The summed E-state index contributed by atoms with van der Waals surface area (Å²) in [7, 11) is 1.85. The maximum Gasteiger partial charge on any atom is 0.257 e. The number of nitrogens with one attached hydrogen (secondary N) is 2. The molecule has 1 aromatic heterocycles. The average Bonchev–Trinajstić information content (AvgIpc) is 3.17. The number of carbonyl (C=O) groups excluding carboxylic acids is 1. The highest BCUT2D eigenvalue weighted by Gasteiger charge is 2.25. The number of carbonyl (C=O) groups is 1. The Hall–Kier alpha value is -2.60. The summed E-state index contributed by atoms with van der Waals surface area (Å²) in [6.45, 7) is 4.37. The molecule has 1 fully saturated rings. The Kier molecular flexibility index (Phi) is 5.50. The third kappa shape index (κ3) is 4.09. The summed E-state index contributed by atoms with van der Waals surface area (Å²) < 4.78 is 5.45. The van der Waals surface area contributed by atoms with Gasteiger partial charge in [0.25, 0.3) is 5.91 Å². The molecule has 1 amide bonds. The molecule has 25 heavy (non-hydrogen) atoms. The molecule has 0 spiro atoms. The van der Waals surface area contributed by atoms with Crippen LogP contribution in [0.5, 0.6) is 5.75 Å². The summed E-state index contributed by atoms with van der Waals surface area (Å²) in [6.07, 6.45) is 2.66. The molecular weight excluding hydrogens is 316 g/mol. The van der Waals surface area contributed by atoms with Gasteiger partial charge in [0.2, 0.25) is 0 Å². The van der Waals surface area contributed by atoms with E-state index in [1.165, 1.54) is 0 Å². The van der Waals surface area contributed by atoms with E-state index in [2.05, 4.69) is 15.6 Å². The second-order valence-corrected chi connectivity index (χ2v) is 6.04. The number of pyridine rings is 1. The largest absolute Gasteiger partial charge is 0.494 e. The molecule has 0 radical (unpaired) electrons. The van der Waals surface area contributed by atoms with Gasteiger partial charge in [-0.3, -0.25) is 4.79 Å². The summed E-state index contributed by atoms with van der Waals surface area (Å²) >= 11 is 0. The molecular formula is C19H24N4O2. The fourth-order valence-corrected chi connectivity index (χ4v) is 2.94. The van der Waals surface area contributed by atoms with Gasteiger partial charge in [0.15, 0.2) is 0 Å². The first kappa shape index (κ1) is 17.2. The van der Waals surface area contributed by atoms with Crippen LogP contribution in [-0.2, 0) is 0 Å². The van der Waals surface area contributed by atoms with E-state index < -0.39 is 0 Å². The molecule has 1 aliphatic rings. The lowest BCUT2D eigenvalue weighted by molar-refractivity contribution is 0.0744. The predicted molar refractivity (Wildman–Crippen MR) is 98.5 cm³/mol. The number of nitrogens with zero attached hydrogens (tertiary/aromatic N) is 2. The van der Waals surface area contributed by atoms with Gasteiger partial charge < -0.3 is 20.3 Å². The van der Waals surface area contributed by atoms with Crippen molar-refractivity contribution in [2.75, 3.05) is 32.1 Å². The SMILES string of the molecule is CCOc1ccc(Nc2ncccc2C(=O)N(C)C2CCNC2)cc1. The molecule has 1 aliphatic heterocycles. The number of rotatable bonds is 6. The average molecular weight is 340 g/mol. The Morgan fingerprint density at radius 1 is 1.36 bits per heavy atom.